The molecule has 0 atom stereocenters. The van der Waals surface area contributed by atoms with E-state index in [0.29, 0.717) is 0 Å². The summed E-state index contributed by atoms with van der Waals surface area (Å²) in [4.78, 5) is 21.5. The maximum absolute atomic E-state index is 11.1. The van der Waals surface area contributed by atoms with Crippen LogP contribution in [0.15, 0.2) is 30.3 Å². The van der Waals surface area contributed by atoms with E-state index >= 15 is 0 Å². The summed E-state index contributed by atoms with van der Waals surface area (Å²) in [6.45, 7) is 0. The fourth-order valence-electron chi connectivity index (χ4n) is 1.04. The Morgan fingerprint density at radius 2 is 1.77 bits per heavy atom. The van der Waals surface area contributed by atoms with Gasteiger partial charge in [0, 0.05) is 6.42 Å². The molecule has 1 aromatic carbocycles. The molecule has 3 heteroatoms. The molecule has 0 spiro atoms. The first-order valence-electron chi connectivity index (χ1n) is 3.92. The summed E-state index contributed by atoms with van der Waals surface area (Å²) in [5.74, 6) is -0.147. The van der Waals surface area contributed by atoms with Crippen LogP contribution in [0.2, 0.25) is 0 Å². The first-order valence-corrected chi connectivity index (χ1v) is 4.30. The lowest BCUT2D eigenvalue weighted by molar-refractivity contribution is -0.123. The lowest BCUT2D eigenvalue weighted by atomic mass is 10.1. The zero-order valence-electron chi connectivity index (χ0n) is 7.00. The number of ketones is 1. The van der Waals surface area contributed by atoms with Crippen molar-refractivity contribution in [1.82, 2.24) is 0 Å². The molecule has 0 radical (unpaired) electrons. The first kappa shape index (κ1) is 9.93. The van der Waals surface area contributed by atoms with Crippen LogP contribution in [0.1, 0.15) is 12.0 Å². The van der Waals surface area contributed by atoms with Gasteiger partial charge in [0.15, 0.2) is 0 Å². The number of rotatable bonds is 4. The van der Waals surface area contributed by atoms with Crippen LogP contribution in [-0.2, 0) is 16.0 Å². The van der Waals surface area contributed by atoms with E-state index in [1.165, 1.54) is 0 Å². The van der Waals surface area contributed by atoms with E-state index in [0.717, 1.165) is 5.56 Å². The number of Topliss-reactive ketones (excluding diaryl/α,β-unsaturated/α-hetero) is 1. The molecule has 13 heavy (non-hydrogen) atoms. The Labute approximate surface area is 81.5 Å². The van der Waals surface area contributed by atoms with Gasteiger partial charge in [-0.2, -0.15) is 0 Å². The van der Waals surface area contributed by atoms with Gasteiger partial charge in [-0.25, -0.2) is 0 Å². The highest BCUT2D eigenvalue weighted by molar-refractivity contribution is 6.64. The Bertz CT molecular complexity index is 306. The maximum Gasteiger partial charge on any atom is 0.229 e. The van der Waals surface area contributed by atoms with Gasteiger partial charge in [0.05, 0.1) is 6.42 Å². The summed E-state index contributed by atoms with van der Waals surface area (Å²) < 4.78 is 0. The van der Waals surface area contributed by atoms with Crippen LogP contribution in [0.25, 0.3) is 0 Å². The molecule has 0 saturated heterocycles. The van der Waals surface area contributed by atoms with Gasteiger partial charge in [-0.05, 0) is 17.2 Å². The van der Waals surface area contributed by atoms with E-state index in [4.69, 9.17) is 11.6 Å². The van der Waals surface area contributed by atoms with Gasteiger partial charge in [-0.3, -0.25) is 9.59 Å². The molecule has 0 fully saturated rings. The van der Waals surface area contributed by atoms with Gasteiger partial charge < -0.3 is 0 Å². The predicted octanol–water partition coefficient (Wildman–Crippen LogP) is 1.95. The van der Waals surface area contributed by atoms with E-state index in [1.807, 2.05) is 30.3 Å². The predicted molar refractivity (Wildman–Crippen MR) is 50.6 cm³/mol. The zero-order valence-corrected chi connectivity index (χ0v) is 7.75. The minimum absolute atomic E-state index is 0.147. The van der Waals surface area contributed by atoms with Crippen LogP contribution in [0, 0.1) is 0 Å². The van der Waals surface area contributed by atoms with Crippen molar-refractivity contribution in [3.05, 3.63) is 35.9 Å². The topological polar surface area (TPSA) is 34.1 Å². The lowest BCUT2D eigenvalue weighted by Gasteiger charge is -1.97. The van der Waals surface area contributed by atoms with Crippen LogP contribution < -0.4 is 0 Å². The summed E-state index contributed by atoms with van der Waals surface area (Å²) in [5.41, 5.74) is 0.908. The second-order valence-corrected chi connectivity index (χ2v) is 3.15. The van der Waals surface area contributed by atoms with Crippen molar-refractivity contribution in [3.63, 3.8) is 0 Å². The van der Waals surface area contributed by atoms with Crippen LogP contribution in [0.5, 0.6) is 0 Å². The Morgan fingerprint density at radius 3 is 2.31 bits per heavy atom. The molecule has 0 aliphatic heterocycles. The third-order valence-corrected chi connectivity index (χ3v) is 1.71. The Hall–Kier alpha value is -1.15. The fraction of sp³-hybridized carbons (Fsp3) is 0.200. The van der Waals surface area contributed by atoms with Crippen LogP contribution >= 0.6 is 11.6 Å². The Balaban J connectivity index is 2.50. The summed E-state index contributed by atoms with van der Waals surface area (Å²) >= 11 is 5.08. The quantitative estimate of drug-likeness (QED) is 0.545. The van der Waals surface area contributed by atoms with Crippen molar-refractivity contribution in [1.29, 1.82) is 0 Å². The molecular formula is C10H9ClO2. The van der Waals surface area contributed by atoms with Crippen molar-refractivity contribution >= 4 is 22.6 Å². The van der Waals surface area contributed by atoms with Gasteiger partial charge in [-0.1, -0.05) is 30.3 Å². The summed E-state index contributed by atoms with van der Waals surface area (Å²) in [6.07, 6.45) is 0.0930. The normalized spacial score (nSPS) is 9.62. The van der Waals surface area contributed by atoms with Crippen LogP contribution in [0.4, 0.5) is 0 Å². The number of halogens is 1. The molecule has 0 bridgehead atoms. The number of hydrogen-bond donors (Lipinski definition) is 0. The zero-order chi connectivity index (χ0) is 9.68. The largest absolute Gasteiger partial charge is 0.299 e. The maximum atomic E-state index is 11.1. The molecule has 68 valence electrons. The molecule has 0 aliphatic rings. The molecule has 1 rings (SSSR count). The van der Waals surface area contributed by atoms with Crippen molar-refractivity contribution in [2.24, 2.45) is 0 Å². The highest BCUT2D eigenvalue weighted by atomic mass is 35.5. The van der Waals surface area contributed by atoms with E-state index in [2.05, 4.69) is 0 Å². The highest BCUT2D eigenvalue weighted by Gasteiger charge is 2.07. The molecule has 0 saturated carbocycles. The van der Waals surface area contributed by atoms with Gasteiger partial charge in [0.1, 0.15) is 5.78 Å². The van der Waals surface area contributed by atoms with E-state index in [-0.39, 0.29) is 18.6 Å². The number of hydrogen-bond acceptors (Lipinski definition) is 2. The average molecular weight is 197 g/mol. The third kappa shape index (κ3) is 3.85. The van der Waals surface area contributed by atoms with E-state index < -0.39 is 5.24 Å². The van der Waals surface area contributed by atoms with E-state index in [9.17, 15) is 9.59 Å². The highest BCUT2D eigenvalue weighted by Crippen LogP contribution is 2.02. The number of carbonyl (C=O) groups is 2. The Morgan fingerprint density at radius 1 is 1.15 bits per heavy atom. The number of benzene rings is 1. The van der Waals surface area contributed by atoms with Crippen LogP contribution in [-0.4, -0.2) is 11.0 Å². The minimum atomic E-state index is -0.596. The van der Waals surface area contributed by atoms with Crippen LogP contribution in [0.3, 0.4) is 0 Å². The Kier molecular flexibility index (Phi) is 3.65. The second kappa shape index (κ2) is 4.77. The monoisotopic (exact) mass is 196 g/mol. The smallest absolute Gasteiger partial charge is 0.229 e. The van der Waals surface area contributed by atoms with Gasteiger partial charge in [0.2, 0.25) is 5.24 Å². The molecule has 0 unspecified atom stereocenters. The van der Waals surface area contributed by atoms with Crippen molar-refractivity contribution < 1.29 is 9.59 Å². The van der Waals surface area contributed by atoms with Gasteiger partial charge in [-0.15, -0.1) is 0 Å². The molecular weight excluding hydrogens is 188 g/mol. The van der Waals surface area contributed by atoms with Crippen molar-refractivity contribution in [2.75, 3.05) is 0 Å². The fourth-order valence-corrected chi connectivity index (χ4v) is 1.19. The van der Waals surface area contributed by atoms with Crippen molar-refractivity contribution in [3.8, 4) is 0 Å². The van der Waals surface area contributed by atoms with Crippen molar-refractivity contribution in [2.45, 2.75) is 12.8 Å². The molecule has 0 N–H and O–H groups in total. The third-order valence-electron chi connectivity index (χ3n) is 1.58. The van der Waals surface area contributed by atoms with E-state index in [1.54, 1.807) is 0 Å². The van der Waals surface area contributed by atoms with Gasteiger partial charge in [0.25, 0.3) is 0 Å². The molecule has 0 aromatic heterocycles. The molecule has 0 heterocycles. The molecule has 0 amide bonds. The molecule has 0 aliphatic carbocycles. The van der Waals surface area contributed by atoms with Gasteiger partial charge >= 0.3 is 0 Å². The SMILES string of the molecule is O=C(Cl)CC(=O)Cc1ccccc1. The lowest BCUT2D eigenvalue weighted by Crippen LogP contribution is -2.05. The summed E-state index contributed by atoms with van der Waals surface area (Å²) in [7, 11) is 0. The molecule has 1 aromatic rings. The average Bonchev–Trinajstić information content (AvgIpc) is 2.04. The standard InChI is InChI=1S/C10H9ClO2/c11-10(13)7-9(12)6-8-4-2-1-3-5-8/h1-5H,6-7H2. The molecule has 2 nitrogen and oxygen atoms in total. The minimum Gasteiger partial charge on any atom is -0.299 e. The number of carbonyl (C=O) groups excluding carboxylic acids is 2. The second-order valence-electron chi connectivity index (χ2n) is 2.73. The first-order chi connectivity index (χ1) is 6.18. The summed E-state index contributed by atoms with van der Waals surface area (Å²) in [5, 5.41) is -0.596. The summed E-state index contributed by atoms with van der Waals surface area (Å²) in [6, 6.07) is 9.27.